The molecule has 0 fully saturated rings. The third kappa shape index (κ3) is 4.71. The van der Waals surface area contributed by atoms with Crippen LogP contribution in [-0.4, -0.2) is 35.4 Å². The number of carbonyl (C=O) groups is 1. The molecule has 6 nitrogen and oxygen atoms in total. The molecule has 32 heavy (non-hydrogen) atoms. The predicted molar refractivity (Wildman–Crippen MR) is 119 cm³/mol. The van der Waals surface area contributed by atoms with Gasteiger partial charge in [0.05, 0.1) is 16.3 Å². The normalized spacial score (nSPS) is 13.7. The summed E-state index contributed by atoms with van der Waals surface area (Å²) in [6.07, 6.45) is 4.06. The molecule has 0 unspecified atom stereocenters. The van der Waals surface area contributed by atoms with Crippen molar-refractivity contribution in [1.82, 2.24) is 9.55 Å². The number of imidazole rings is 1. The van der Waals surface area contributed by atoms with Gasteiger partial charge in [0.15, 0.2) is 5.16 Å². The van der Waals surface area contributed by atoms with Gasteiger partial charge in [0, 0.05) is 17.1 Å². The molecule has 1 aromatic heterocycles. The Balaban J connectivity index is 1.46. The fourth-order valence-corrected chi connectivity index (χ4v) is 5.19. The van der Waals surface area contributed by atoms with Gasteiger partial charge in [-0.15, -0.1) is 0 Å². The van der Waals surface area contributed by atoms with Crippen LogP contribution in [0.25, 0.3) is 5.69 Å². The van der Waals surface area contributed by atoms with E-state index in [0.29, 0.717) is 5.69 Å². The van der Waals surface area contributed by atoms with Gasteiger partial charge in [-0.3, -0.25) is 9.36 Å². The first-order valence-corrected chi connectivity index (χ1v) is 12.6. The molecular weight excluding hydrogens is 456 g/mol. The number of aromatic nitrogens is 2. The molecule has 0 saturated carbocycles. The van der Waals surface area contributed by atoms with Crippen molar-refractivity contribution < 1.29 is 22.0 Å². The highest BCUT2D eigenvalue weighted by atomic mass is 32.2. The minimum atomic E-state index is -4.66. The van der Waals surface area contributed by atoms with E-state index in [2.05, 4.69) is 9.88 Å². The summed E-state index contributed by atoms with van der Waals surface area (Å²) in [4.78, 5) is 16.7. The first-order chi connectivity index (χ1) is 15.4. The standard InChI is InChI=1S/C22H21F2N3O3S2/c23-21(24)32(29,30)17-12-10-15(11-13-17)25-20(28)14-31-22-26-18-8-4-5-9-19(18)27(22)16-6-2-1-3-7-16/h1-3,6-7,10-13,21H,4-5,8-9,14H2,(H,25,28). The van der Waals surface area contributed by atoms with E-state index in [1.807, 2.05) is 30.3 Å². The Hall–Kier alpha value is -2.72. The maximum absolute atomic E-state index is 12.6. The van der Waals surface area contributed by atoms with Crippen LogP contribution >= 0.6 is 11.8 Å². The number of nitrogens with one attached hydrogen (secondary N) is 1. The van der Waals surface area contributed by atoms with Gasteiger partial charge in [-0.05, 0) is 62.1 Å². The number of carbonyl (C=O) groups excluding carboxylic acids is 1. The van der Waals surface area contributed by atoms with Crippen molar-refractivity contribution in [2.24, 2.45) is 0 Å². The molecule has 1 N–H and O–H groups in total. The van der Waals surface area contributed by atoms with Crippen LogP contribution in [0.4, 0.5) is 14.5 Å². The zero-order chi connectivity index (χ0) is 22.7. The van der Waals surface area contributed by atoms with E-state index >= 15 is 0 Å². The van der Waals surface area contributed by atoms with E-state index < -0.39 is 20.5 Å². The molecule has 10 heteroatoms. The number of fused-ring (bicyclic) bond motifs is 1. The number of rotatable bonds is 7. The number of amides is 1. The van der Waals surface area contributed by atoms with Gasteiger partial charge in [-0.25, -0.2) is 13.4 Å². The topological polar surface area (TPSA) is 81.1 Å². The first kappa shape index (κ1) is 22.5. The molecule has 0 aliphatic heterocycles. The predicted octanol–water partition coefficient (Wildman–Crippen LogP) is 4.48. The van der Waals surface area contributed by atoms with E-state index in [-0.39, 0.29) is 11.7 Å². The van der Waals surface area contributed by atoms with Crippen molar-refractivity contribution in [2.45, 2.75) is 41.5 Å². The average molecular weight is 478 g/mol. The summed E-state index contributed by atoms with van der Waals surface area (Å²) in [6.45, 7) is 0. The third-order valence-corrected chi connectivity index (χ3v) is 7.49. The number of benzene rings is 2. The van der Waals surface area contributed by atoms with Crippen LogP contribution in [0.1, 0.15) is 24.2 Å². The lowest BCUT2D eigenvalue weighted by molar-refractivity contribution is -0.113. The van der Waals surface area contributed by atoms with Crippen LogP contribution in [0.5, 0.6) is 0 Å². The molecule has 1 aliphatic carbocycles. The monoisotopic (exact) mass is 477 g/mol. The number of nitrogens with zero attached hydrogens (tertiary/aromatic N) is 2. The van der Waals surface area contributed by atoms with Crippen molar-refractivity contribution in [3.05, 3.63) is 66.0 Å². The summed E-state index contributed by atoms with van der Waals surface area (Å²) < 4.78 is 50.4. The minimum Gasteiger partial charge on any atom is -0.325 e. The van der Waals surface area contributed by atoms with E-state index in [9.17, 15) is 22.0 Å². The Morgan fingerprint density at radius 1 is 1.06 bits per heavy atom. The number of alkyl halides is 2. The number of anilines is 1. The molecule has 0 radical (unpaired) electrons. The van der Waals surface area contributed by atoms with Crippen molar-refractivity contribution >= 4 is 33.2 Å². The number of hydrogen-bond donors (Lipinski definition) is 1. The van der Waals surface area contributed by atoms with Crippen LogP contribution < -0.4 is 5.32 Å². The molecule has 3 aromatic rings. The van der Waals surface area contributed by atoms with Crippen molar-refractivity contribution in [3.63, 3.8) is 0 Å². The fraction of sp³-hybridized carbons (Fsp3) is 0.273. The maximum atomic E-state index is 12.6. The molecule has 1 heterocycles. The molecular formula is C22H21F2N3O3S2. The Kier molecular flexibility index (Phi) is 6.61. The van der Waals surface area contributed by atoms with Gasteiger partial charge in [0.25, 0.3) is 0 Å². The van der Waals surface area contributed by atoms with Gasteiger partial charge in [-0.1, -0.05) is 30.0 Å². The summed E-state index contributed by atoms with van der Waals surface area (Å²) in [5.74, 6) is -3.70. The van der Waals surface area contributed by atoms with Crippen molar-refractivity contribution in [1.29, 1.82) is 0 Å². The number of thioether (sulfide) groups is 1. The van der Waals surface area contributed by atoms with Crippen LogP contribution in [-0.2, 0) is 27.5 Å². The summed E-state index contributed by atoms with van der Waals surface area (Å²) in [6, 6.07) is 14.6. The lowest BCUT2D eigenvalue weighted by Gasteiger charge is -2.15. The van der Waals surface area contributed by atoms with Crippen molar-refractivity contribution in [3.8, 4) is 5.69 Å². The Labute approximate surface area is 189 Å². The minimum absolute atomic E-state index is 0.0970. The lowest BCUT2D eigenvalue weighted by atomic mass is 10.0. The number of halogens is 2. The average Bonchev–Trinajstić information content (AvgIpc) is 3.17. The highest BCUT2D eigenvalue weighted by Crippen LogP contribution is 2.30. The zero-order valence-corrected chi connectivity index (χ0v) is 18.6. The maximum Gasteiger partial charge on any atom is 0.341 e. The Bertz CT molecular complexity index is 1210. The van der Waals surface area contributed by atoms with Gasteiger partial charge < -0.3 is 5.32 Å². The zero-order valence-electron chi connectivity index (χ0n) is 17.0. The smallest absolute Gasteiger partial charge is 0.325 e. The van der Waals surface area contributed by atoms with E-state index in [1.54, 1.807) is 0 Å². The largest absolute Gasteiger partial charge is 0.341 e. The summed E-state index contributed by atoms with van der Waals surface area (Å²) in [7, 11) is -4.66. The second-order valence-corrected chi connectivity index (χ2v) is 10.2. The molecule has 4 rings (SSSR count). The molecule has 168 valence electrons. The molecule has 0 spiro atoms. The van der Waals surface area contributed by atoms with Gasteiger partial charge in [-0.2, -0.15) is 8.78 Å². The number of aryl methyl sites for hydroxylation is 1. The molecule has 0 saturated heterocycles. The molecule has 2 aromatic carbocycles. The number of sulfone groups is 1. The molecule has 1 aliphatic rings. The van der Waals surface area contributed by atoms with E-state index in [0.717, 1.165) is 54.4 Å². The summed E-state index contributed by atoms with van der Waals surface area (Å²) in [5.41, 5.74) is 3.58. The summed E-state index contributed by atoms with van der Waals surface area (Å²) >= 11 is 1.32. The third-order valence-electron chi connectivity index (χ3n) is 5.15. The highest BCUT2D eigenvalue weighted by molar-refractivity contribution is 7.99. The van der Waals surface area contributed by atoms with Crippen LogP contribution in [0.2, 0.25) is 0 Å². The highest BCUT2D eigenvalue weighted by Gasteiger charge is 2.26. The van der Waals surface area contributed by atoms with Crippen LogP contribution in [0.3, 0.4) is 0 Å². The van der Waals surface area contributed by atoms with Crippen molar-refractivity contribution in [2.75, 3.05) is 11.1 Å². The lowest BCUT2D eigenvalue weighted by Crippen LogP contribution is -2.15. The molecule has 0 bridgehead atoms. The Morgan fingerprint density at radius 2 is 1.75 bits per heavy atom. The van der Waals surface area contributed by atoms with Crippen LogP contribution in [0.15, 0.2) is 64.6 Å². The number of para-hydroxylation sites is 1. The molecule has 0 atom stereocenters. The first-order valence-electron chi connectivity index (χ1n) is 10.1. The summed E-state index contributed by atoms with van der Waals surface area (Å²) in [5, 5.41) is 3.41. The van der Waals surface area contributed by atoms with Gasteiger partial charge in [0.1, 0.15) is 0 Å². The number of hydrogen-bond acceptors (Lipinski definition) is 5. The quantitative estimate of drug-likeness (QED) is 0.508. The molecule has 1 amide bonds. The Morgan fingerprint density at radius 3 is 2.44 bits per heavy atom. The SMILES string of the molecule is O=C(CSc1nc2c(n1-c1ccccc1)CCCC2)Nc1ccc(S(=O)(=O)C(F)F)cc1. The van der Waals surface area contributed by atoms with E-state index in [4.69, 9.17) is 4.98 Å². The second-order valence-electron chi connectivity index (χ2n) is 7.33. The second kappa shape index (κ2) is 9.41. The van der Waals surface area contributed by atoms with Crippen LogP contribution in [0, 0.1) is 0 Å². The fourth-order valence-electron chi connectivity index (χ4n) is 3.61. The van der Waals surface area contributed by atoms with E-state index in [1.165, 1.54) is 29.6 Å². The van der Waals surface area contributed by atoms with Gasteiger partial charge in [0.2, 0.25) is 15.7 Å². The van der Waals surface area contributed by atoms with Gasteiger partial charge >= 0.3 is 5.76 Å².